The molecule has 398 valence electrons. The summed E-state index contributed by atoms with van der Waals surface area (Å²) in [5.41, 5.74) is 21.8. The number of fused-ring (bicyclic) bond motifs is 18. The van der Waals surface area contributed by atoms with Crippen LogP contribution in [-0.2, 0) is 0 Å². The molecule has 10 nitrogen and oxygen atoms in total. The van der Waals surface area contributed by atoms with Crippen LogP contribution in [0.5, 0.6) is 0 Å². The molecule has 0 fully saturated rings. The summed E-state index contributed by atoms with van der Waals surface area (Å²) < 4.78 is 4.68. The largest absolute Gasteiger partial charge is 0.309 e. The van der Waals surface area contributed by atoms with Crippen LogP contribution >= 0.6 is 0 Å². The second kappa shape index (κ2) is 18.8. The fourth-order valence-corrected chi connectivity index (χ4v) is 13.1. The first-order valence-corrected chi connectivity index (χ1v) is 28.7. The van der Waals surface area contributed by atoms with Crippen molar-refractivity contribution in [2.45, 2.75) is 0 Å². The molecule has 6 heterocycles. The maximum absolute atomic E-state index is 5.42. The normalized spacial score (nSPS) is 12.0. The minimum absolute atomic E-state index is 0.707. The van der Waals surface area contributed by atoms with Gasteiger partial charge < -0.3 is 9.13 Å². The zero-order chi connectivity index (χ0) is 56.4. The molecule has 0 radical (unpaired) electrons. The highest BCUT2D eigenvalue weighted by molar-refractivity contribution is 6.22. The van der Waals surface area contributed by atoms with E-state index in [1.165, 1.54) is 10.8 Å². The average molecular weight is 1100 g/mol. The van der Waals surface area contributed by atoms with E-state index in [-0.39, 0.29) is 0 Å². The summed E-state index contributed by atoms with van der Waals surface area (Å²) in [6.07, 6.45) is 7.45. The first-order valence-electron chi connectivity index (χ1n) is 28.7. The Morgan fingerprint density at radius 3 is 1.03 bits per heavy atom. The fraction of sp³-hybridized carbons (Fsp3) is 0. The summed E-state index contributed by atoms with van der Waals surface area (Å²) in [7, 11) is 0. The lowest BCUT2D eigenvalue weighted by atomic mass is 9.96. The maximum Gasteiger partial charge on any atom is 0.117 e. The molecule has 0 aliphatic rings. The van der Waals surface area contributed by atoms with Gasteiger partial charge in [-0.2, -0.15) is 0 Å². The van der Waals surface area contributed by atoms with Crippen LogP contribution in [0.25, 0.3) is 177 Å². The van der Waals surface area contributed by atoms with Crippen LogP contribution < -0.4 is 0 Å². The predicted octanol–water partition coefficient (Wildman–Crippen LogP) is 18.3. The van der Waals surface area contributed by atoms with E-state index in [0.29, 0.717) is 11.0 Å². The van der Waals surface area contributed by atoms with Gasteiger partial charge in [-0.05, 0) is 65.7 Å². The Labute approximate surface area is 490 Å². The van der Waals surface area contributed by atoms with E-state index >= 15 is 0 Å². The molecule has 6 aromatic heterocycles. The standard InChI is InChI=1S/C76H44N10/c1-2-18-45(19-3-1)61-41-77-73-69(81-61)58-31-8-9-32-59(58)72-76(73)80-44-64(84-72)52-25-5-4-24-51(52)46-36-37-68-60(40-46)55-28-12-15-35-67(55)86(68)50-23-17-21-48(39-50)63-43-79-75-71(83-63)57-30-7-6-29-56(57)70-74(75)78-42-62(82-70)47-20-16-22-49(38-47)85-65-33-13-10-26-53(65)54-27-11-14-34-66(54)85/h1-44H. The molecule has 0 N–H and O–H groups in total. The number of para-hydroxylation sites is 3. The number of aromatic nitrogens is 10. The summed E-state index contributed by atoms with van der Waals surface area (Å²) in [5, 5.41) is 8.63. The molecular weight excluding hydrogens is 1050 g/mol. The van der Waals surface area contributed by atoms with Crippen molar-refractivity contribution < 1.29 is 0 Å². The van der Waals surface area contributed by atoms with E-state index in [0.717, 1.165) is 155 Å². The molecule has 0 saturated carbocycles. The topological polar surface area (TPSA) is 113 Å². The van der Waals surface area contributed by atoms with Crippen LogP contribution in [0.15, 0.2) is 267 Å². The summed E-state index contributed by atoms with van der Waals surface area (Å²) in [5.74, 6) is 0. The SMILES string of the molecule is c1ccc(-c2cnc3c(n2)c2ccccc2c2nc(-c4ccccc4-c4ccc5c(c4)c4ccccc4n5-c4cccc(-c5cnc6c(n5)c5ccccc5c5nc(-c7cccc(-n8c9ccccc9c9ccccc98)c7)cnc56)c4)cnc23)cc1. The zero-order valence-electron chi connectivity index (χ0n) is 45.9. The van der Waals surface area contributed by atoms with Gasteiger partial charge in [-0.3, -0.25) is 0 Å². The third-order valence-corrected chi connectivity index (χ3v) is 17.0. The molecule has 18 aromatic rings. The van der Waals surface area contributed by atoms with Crippen LogP contribution in [0, 0.1) is 0 Å². The van der Waals surface area contributed by atoms with Crippen molar-refractivity contribution in [3.05, 3.63) is 267 Å². The number of nitrogens with zero attached hydrogens (tertiary/aromatic N) is 10. The monoisotopic (exact) mass is 1100 g/mol. The summed E-state index contributed by atoms with van der Waals surface area (Å²) in [4.78, 5) is 41.8. The van der Waals surface area contributed by atoms with Gasteiger partial charge in [0.05, 0.1) is 91.7 Å². The van der Waals surface area contributed by atoms with Gasteiger partial charge in [-0.1, -0.05) is 188 Å². The molecule has 0 unspecified atom stereocenters. The molecule has 0 spiro atoms. The van der Waals surface area contributed by atoms with E-state index in [1.807, 2.05) is 55.1 Å². The van der Waals surface area contributed by atoms with Crippen molar-refractivity contribution in [2.24, 2.45) is 0 Å². The molecule has 0 saturated heterocycles. The Morgan fingerprint density at radius 2 is 0.558 bits per heavy atom. The lowest BCUT2D eigenvalue weighted by molar-refractivity contribution is 1.18. The molecule has 12 aromatic carbocycles. The van der Waals surface area contributed by atoms with Crippen LogP contribution in [0.4, 0.5) is 0 Å². The number of hydrogen-bond acceptors (Lipinski definition) is 8. The van der Waals surface area contributed by atoms with E-state index in [1.54, 1.807) is 0 Å². The van der Waals surface area contributed by atoms with Gasteiger partial charge in [0.15, 0.2) is 0 Å². The van der Waals surface area contributed by atoms with Crippen LogP contribution in [-0.4, -0.2) is 49.0 Å². The van der Waals surface area contributed by atoms with Crippen molar-refractivity contribution in [3.8, 4) is 67.5 Å². The predicted molar refractivity (Wildman–Crippen MR) is 350 cm³/mol. The van der Waals surface area contributed by atoms with Gasteiger partial charge in [-0.25, -0.2) is 39.9 Å². The molecular formula is C76H44N10. The molecule has 0 bridgehead atoms. The molecule has 18 rings (SSSR count). The maximum atomic E-state index is 5.42. The first-order chi connectivity index (χ1) is 42.6. The Bertz CT molecular complexity index is 5780. The highest BCUT2D eigenvalue weighted by Crippen LogP contribution is 2.42. The van der Waals surface area contributed by atoms with Gasteiger partial charge in [0.1, 0.15) is 22.1 Å². The summed E-state index contributed by atoms with van der Waals surface area (Å²) in [6, 6.07) is 85.0. The third kappa shape index (κ3) is 7.33. The molecule has 0 amide bonds. The minimum atomic E-state index is 0.707. The Morgan fingerprint density at radius 1 is 0.209 bits per heavy atom. The van der Waals surface area contributed by atoms with Crippen LogP contribution in [0.3, 0.4) is 0 Å². The zero-order valence-corrected chi connectivity index (χ0v) is 45.9. The smallest absolute Gasteiger partial charge is 0.117 e. The Hall–Kier alpha value is -11.9. The molecule has 0 aliphatic heterocycles. The number of hydrogen-bond donors (Lipinski definition) is 0. The van der Waals surface area contributed by atoms with Gasteiger partial charge in [0.2, 0.25) is 0 Å². The highest BCUT2D eigenvalue weighted by Gasteiger charge is 2.22. The first kappa shape index (κ1) is 47.7. The Balaban J connectivity index is 0.709. The number of benzene rings is 12. The van der Waals surface area contributed by atoms with Crippen molar-refractivity contribution in [3.63, 3.8) is 0 Å². The quantitative estimate of drug-likeness (QED) is 0.145. The van der Waals surface area contributed by atoms with Crippen molar-refractivity contribution in [1.82, 2.24) is 49.0 Å². The second-order valence-electron chi connectivity index (χ2n) is 21.9. The van der Waals surface area contributed by atoms with E-state index in [4.69, 9.17) is 39.9 Å². The molecule has 0 atom stereocenters. The lowest BCUT2D eigenvalue weighted by Gasteiger charge is -2.13. The highest BCUT2D eigenvalue weighted by atomic mass is 15.0. The summed E-state index contributed by atoms with van der Waals surface area (Å²) in [6.45, 7) is 0. The van der Waals surface area contributed by atoms with Crippen LogP contribution in [0.2, 0.25) is 0 Å². The van der Waals surface area contributed by atoms with Crippen LogP contribution in [0.1, 0.15) is 0 Å². The van der Waals surface area contributed by atoms with Gasteiger partial charge in [0.25, 0.3) is 0 Å². The number of rotatable bonds is 7. The Kier molecular flexibility index (Phi) is 10.5. The van der Waals surface area contributed by atoms with Crippen molar-refractivity contribution in [1.29, 1.82) is 0 Å². The fourth-order valence-electron chi connectivity index (χ4n) is 13.1. The summed E-state index contributed by atoms with van der Waals surface area (Å²) >= 11 is 0. The van der Waals surface area contributed by atoms with Gasteiger partial charge in [-0.15, -0.1) is 0 Å². The lowest BCUT2D eigenvalue weighted by Crippen LogP contribution is -1.98. The van der Waals surface area contributed by atoms with E-state index in [9.17, 15) is 0 Å². The third-order valence-electron chi connectivity index (χ3n) is 17.0. The van der Waals surface area contributed by atoms with Crippen molar-refractivity contribution >= 4 is 109 Å². The van der Waals surface area contributed by atoms with Gasteiger partial charge >= 0.3 is 0 Å². The molecule has 0 aliphatic carbocycles. The van der Waals surface area contributed by atoms with Gasteiger partial charge in [0, 0.05) is 76.7 Å². The molecule has 86 heavy (non-hydrogen) atoms. The minimum Gasteiger partial charge on any atom is -0.309 e. The van der Waals surface area contributed by atoms with Crippen molar-refractivity contribution in [2.75, 3.05) is 0 Å². The van der Waals surface area contributed by atoms with E-state index < -0.39 is 0 Å². The van der Waals surface area contributed by atoms with E-state index in [2.05, 4.69) is 221 Å². The molecule has 10 heteroatoms. The second-order valence-corrected chi connectivity index (χ2v) is 21.9. The average Bonchev–Trinajstić information content (AvgIpc) is 1.13.